The van der Waals surface area contributed by atoms with Crippen molar-refractivity contribution >= 4 is 21.9 Å². The first-order chi connectivity index (χ1) is 15.0. The van der Waals surface area contributed by atoms with Gasteiger partial charge in [0.05, 0.1) is 34.5 Å². The van der Waals surface area contributed by atoms with Crippen LogP contribution in [0, 0.1) is 0 Å². The molecular weight excluding hydrogens is 466 g/mol. The van der Waals surface area contributed by atoms with Gasteiger partial charge in [0.1, 0.15) is 6.04 Å². The van der Waals surface area contributed by atoms with E-state index in [4.69, 9.17) is 18.9 Å². The molecule has 0 bridgehead atoms. The summed E-state index contributed by atoms with van der Waals surface area (Å²) in [5.74, 6) is 1.49. The third-order valence-electron chi connectivity index (χ3n) is 5.69. The molecule has 2 aromatic rings. The minimum atomic E-state index is -0.830. The van der Waals surface area contributed by atoms with Crippen molar-refractivity contribution in [3.63, 3.8) is 0 Å². The van der Waals surface area contributed by atoms with Crippen LogP contribution in [0.15, 0.2) is 34.8 Å². The number of methoxy groups -OCH3 is 4. The predicted molar refractivity (Wildman–Crippen MR) is 121 cm³/mol. The van der Waals surface area contributed by atoms with Gasteiger partial charge < -0.3 is 24.1 Å². The average molecular weight is 494 g/mol. The van der Waals surface area contributed by atoms with Gasteiger partial charge in [0.2, 0.25) is 0 Å². The average Bonchev–Trinajstić information content (AvgIpc) is 2.79. The lowest BCUT2D eigenvalue weighted by Crippen LogP contribution is -2.47. The summed E-state index contributed by atoms with van der Waals surface area (Å²) in [6.45, 7) is 0.642. The van der Waals surface area contributed by atoms with Crippen LogP contribution in [0.3, 0.4) is 0 Å². The van der Waals surface area contributed by atoms with Crippen molar-refractivity contribution in [2.24, 2.45) is 0 Å². The minimum absolute atomic E-state index is 0.402. The van der Waals surface area contributed by atoms with E-state index in [1.165, 1.54) is 0 Å². The van der Waals surface area contributed by atoms with Gasteiger partial charge in [0, 0.05) is 10.0 Å². The summed E-state index contributed by atoms with van der Waals surface area (Å²) in [6, 6.07) is 8.37. The van der Waals surface area contributed by atoms with Crippen molar-refractivity contribution in [1.29, 1.82) is 0 Å². The molecule has 2 aromatic carbocycles. The van der Waals surface area contributed by atoms with Gasteiger partial charge in [0.25, 0.3) is 0 Å². The maximum Gasteiger partial charge on any atom is 0.320 e. The second-order valence-electron chi connectivity index (χ2n) is 7.30. The maximum atomic E-state index is 12.2. The third-order valence-corrected chi connectivity index (χ3v) is 6.37. The smallest absolute Gasteiger partial charge is 0.320 e. The Hall–Kier alpha value is -2.45. The van der Waals surface area contributed by atoms with Gasteiger partial charge in [-0.15, -0.1) is 0 Å². The Labute approximate surface area is 191 Å². The van der Waals surface area contributed by atoms with E-state index in [-0.39, 0.29) is 0 Å². The molecule has 1 aliphatic rings. The van der Waals surface area contributed by atoms with Crippen LogP contribution in [-0.2, 0) is 4.79 Å². The van der Waals surface area contributed by atoms with Crippen LogP contribution in [0.25, 0.3) is 0 Å². The Balaban J connectivity index is 2.27. The highest BCUT2D eigenvalue weighted by atomic mass is 79.9. The summed E-state index contributed by atoms with van der Waals surface area (Å²) in [4.78, 5) is 14.2. The van der Waals surface area contributed by atoms with Gasteiger partial charge in [-0.1, -0.05) is 34.5 Å². The standard InChI is InChI=1S/C23H28BrNO6/c1-28-18-10-7-8-14(22(18)31-4)21(25-11-6-5-9-17(25)23(26)27)15-12-19(29-2)20(30-3)13-16(15)24/h7-8,10,12-13,17,21H,5-6,9,11H2,1-4H3,(H,26,27). The van der Waals surface area contributed by atoms with E-state index >= 15 is 0 Å². The first-order valence-corrected chi connectivity index (χ1v) is 10.9. The number of aliphatic carboxylic acids is 1. The lowest BCUT2D eigenvalue weighted by molar-refractivity contribution is -0.145. The highest BCUT2D eigenvalue weighted by molar-refractivity contribution is 9.10. The lowest BCUT2D eigenvalue weighted by atomic mass is 9.90. The molecule has 2 atom stereocenters. The summed E-state index contributed by atoms with van der Waals surface area (Å²) >= 11 is 3.67. The number of halogens is 1. The summed E-state index contributed by atoms with van der Waals surface area (Å²) in [6.07, 6.45) is 2.38. The van der Waals surface area contributed by atoms with Crippen molar-refractivity contribution in [3.8, 4) is 23.0 Å². The molecule has 1 heterocycles. The number of nitrogens with zero attached hydrogens (tertiary/aromatic N) is 1. The summed E-state index contributed by atoms with van der Waals surface area (Å²) in [7, 11) is 6.34. The number of benzene rings is 2. The molecule has 1 aliphatic heterocycles. The van der Waals surface area contributed by atoms with E-state index in [0.29, 0.717) is 36.0 Å². The molecule has 1 N–H and O–H groups in total. The molecular formula is C23H28BrNO6. The normalized spacial score (nSPS) is 17.6. The van der Waals surface area contributed by atoms with E-state index in [1.54, 1.807) is 28.4 Å². The van der Waals surface area contributed by atoms with E-state index in [1.807, 2.05) is 35.2 Å². The van der Waals surface area contributed by atoms with Crippen LogP contribution in [-0.4, -0.2) is 57.0 Å². The van der Waals surface area contributed by atoms with Crippen LogP contribution in [0.4, 0.5) is 0 Å². The molecule has 168 valence electrons. The number of likely N-dealkylation sites (tertiary alicyclic amines) is 1. The Morgan fingerprint density at radius 1 is 1.00 bits per heavy atom. The van der Waals surface area contributed by atoms with Crippen molar-refractivity contribution in [2.75, 3.05) is 35.0 Å². The molecule has 1 fully saturated rings. The number of carboxylic acid groups (broad SMARTS) is 1. The van der Waals surface area contributed by atoms with Crippen molar-refractivity contribution in [2.45, 2.75) is 31.3 Å². The SMILES string of the molecule is COc1cc(Br)c(C(c2cccc(OC)c2OC)N2CCCCC2C(=O)O)cc1OC. The van der Waals surface area contributed by atoms with Crippen molar-refractivity contribution in [3.05, 3.63) is 45.9 Å². The van der Waals surface area contributed by atoms with Crippen molar-refractivity contribution < 1.29 is 28.8 Å². The van der Waals surface area contributed by atoms with Crippen molar-refractivity contribution in [1.82, 2.24) is 4.90 Å². The summed E-state index contributed by atoms with van der Waals surface area (Å²) < 4.78 is 23.0. The zero-order valence-electron chi connectivity index (χ0n) is 18.2. The van der Waals surface area contributed by atoms with E-state index < -0.39 is 18.1 Å². The Bertz CT molecular complexity index is 935. The first kappa shape index (κ1) is 23.2. The largest absolute Gasteiger partial charge is 0.493 e. The van der Waals surface area contributed by atoms with E-state index in [9.17, 15) is 9.90 Å². The lowest BCUT2D eigenvalue weighted by Gasteiger charge is -2.40. The van der Waals surface area contributed by atoms with Crippen LogP contribution in [0.2, 0.25) is 0 Å². The van der Waals surface area contributed by atoms with Gasteiger partial charge in [0.15, 0.2) is 23.0 Å². The molecule has 0 amide bonds. The molecule has 7 nitrogen and oxygen atoms in total. The van der Waals surface area contributed by atoms with Gasteiger partial charge >= 0.3 is 5.97 Å². The fraction of sp³-hybridized carbons (Fsp3) is 0.435. The molecule has 31 heavy (non-hydrogen) atoms. The van der Waals surface area contributed by atoms with Gasteiger partial charge in [-0.3, -0.25) is 9.69 Å². The molecule has 2 unspecified atom stereocenters. The molecule has 0 radical (unpaired) electrons. The Morgan fingerprint density at radius 2 is 1.68 bits per heavy atom. The predicted octanol–water partition coefficient (Wildman–Crippen LogP) is 4.51. The number of hydrogen-bond donors (Lipinski definition) is 1. The van der Waals surface area contributed by atoms with Crippen LogP contribution in [0.1, 0.15) is 36.4 Å². The van der Waals surface area contributed by atoms with Gasteiger partial charge in [-0.25, -0.2) is 0 Å². The molecule has 0 aliphatic carbocycles. The maximum absolute atomic E-state index is 12.2. The van der Waals surface area contributed by atoms with Gasteiger partial charge in [-0.05, 0) is 43.1 Å². The highest BCUT2D eigenvalue weighted by Gasteiger charge is 2.38. The van der Waals surface area contributed by atoms with Crippen LogP contribution in [0.5, 0.6) is 23.0 Å². The number of piperidine rings is 1. The summed E-state index contributed by atoms with van der Waals surface area (Å²) in [5, 5.41) is 9.98. The van der Waals surface area contributed by atoms with Crippen LogP contribution >= 0.6 is 15.9 Å². The minimum Gasteiger partial charge on any atom is -0.493 e. The van der Waals surface area contributed by atoms with E-state index in [0.717, 1.165) is 28.4 Å². The monoisotopic (exact) mass is 493 g/mol. The summed E-state index contributed by atoms with van der Waals surface area (Å²) in [5.41, 5.74) is 1.68. The van der Waals surface area contributed by atoms with E-state index in [2.05, 4.69) is 15.9 Å². The Morgan fingerprint density at radius 3 is 2.29 bits per heavy atom. The second-order valence-corrected chi connectivity index (χ2v) is 8.16. The highest BCUT2D eigenvalue weighted by Crippen LogP contribution is 2.46. The number of carbonyl (C=O) groups is 1. The Kier molecular flexibility index (Phi) is 7.67. The second kappa shape index (κ2) is 10.2. The molecule has 1 saturated heterocycles. The number of para-hydroxylation sites is 1. The zero-order chi connectivity index (χ0) is 22.5. The molecule has 3 rings (SSSR count). The first-order valence-electron chi connectivity index (χ1n) is 10.1. The quantitative estimate of drug-likeness (QED) is 0.579. The molecule has 8 heteroatoms. The van der Waals surface area contributed by atoms with Gasteiger partial charge in [-0.2, -0.15) is 0 Å². The number of hydrogen-bond acceptors (Lipinski definition) is 6. The topological polar surface area (TPSA) is 77.5 Å². The molecule has 0 spiro atoms. The fourth-order valence-corrected chi connectivity index (χ4v) is 4.80. The number of ether oxygens (including phenoxy) is 4. The third kappa shape index (κ3) is 4.60. The van der Waals surface area contributed by atoms with Crippen LogP contribution < -0.4 is 18.9 Å². The number of rotatable bonds is 8. The molecule has 0 saturated carbocycles. The number of carboxylic acids is 1. The molecule has 0 aromatic heterocycles. The zero-order valence-corrected chi connectivity index (χ0v) is 19.8. The fourth-order valence-electron chi connectivity index (χ4n) is 4.26.